The molecule has 0 saturated carbocycles. The fourth-order valence-corrected chi connectivity index (χ4v) is 1.99. The molecule has 92 valence electrons. The summed E-state index contributed by atoms with van der Waals surface area (Å²) in [6, 6.07) is 0. The highest BCUT2D eigenvalue weighted by Crippen LogP contribution is 2.21. The third-order valence-corrected chi connectivity index (χ3v) is 3.40. The van der Waals surface area contributed by atoms with Gasteiger partial charge < -0.3 is 0 Å². The Morgan fingerprint density at radius 3 is 2.94 bits per heavy atom. The number of carbonyl (C=O) groups excluding carboxylic acids is 1. The number of aromatic nitrogens is 2. The summed E-state index contributed by atoms with van der Waals surface area (Å²) in [4.78, 5) is 11.7. The van der Waals surface area contributed by atoms with Crippen molar-refractivity contribution in [3.8, 4) is 12.3 Å². The van der Waals surface area contributed by atoms with Gasteiger partial charge in [0.2, 0.25) is 0 Å². The Labute approximate surface area is 110 Å². The van der Waals surface area contributed by atoms with Crippen molar-refractivity contribution >= 4 is 21.7 Å². The molecular weight excluding hydrogens is 282 g/mol. The summed E-state index contributed by atoms with van der Waals surface area (Å²) >= 11 is 3.46. The molecule has 0 atom stereocenters. The van der Waals surface area contributed by atoms with Gasteiger partial charge in [0.15, 0.2) is 5.78 Å². The molecule has 0 aliphatic heterocycles. The van der Waals surface area contributed by atoms with Crippen LogP contribution < -0.4 is 5.32 Å². The molecule has 0 unspecified atom stereocenters. The van der Waals surface area contributed by atoms with Crippen LogP contribution in [0.1, 0.15) is 18.3 Å². The van der Waals surface area contributed by atoms with Gasteiger partial charge in [0.25, 0.3) is 0 Å². The van der Waals surface area contributed by atoms with Crippen molar-refractivity contribution < 1.29 is 4.79 Å². The van der Waals surface area contributed by atoms with Crippen LogP contribution in [0, 0.1) is 19.3 Å². The number of halogens is 1. The summed E-state index contributed by atoms with van der Waals surface area (Å²) in [5.41, 5.74) is 1.84. The Morgan fingerprint density at radius 2 is 2.35 bits per heavy atom. The molecule has 0 saturated heterocycles. The number of ketones is 1. The van der Waals surface area contributed by atoms with Gasteiger partial charge in [-0.25, -0.2) is 0 Å². The maximum Gasteiger partial charge on any atom is 0.152 e. The number of aryl methyl sites for hydroxylation is 2. The molecule has 1 aromatic rings. The van der Waals surface area contributed by atoms with Crippen molar-refractivity contribution in [1.29, 1.82) is 0 Å². The lowest BCUT2D eigenvalue weighted by molar-refractivity contribution is -0.117. The maximum atomic E-state index is 11.7. The van der Waals surface area contributed by atoms with Crippen LogP contribution in [-0.2, 0) is 17.8 Å². The zero-order valence-corrected chi connectivity index (χ0v) is 11.7. The molecule has 0 aliphatic carbocycles. The standard InChI is InChI=1S/C12H16BrN3O/c1-4-6-14-8-10(17)7-11-12(13)9(3)15-16(11)5-2/h1,14H,5-8H2,2-3H3. The number of rotatable bonds is 6. The highest BCUT2D eigenvalue weighted by atomic mass is 79.9. The van der Waals surface area contributed by atoms with Gasteiger partial charge in [0.1, 0.15) is 0 Å². The first-order valence-corrected chi connectivity index (χ1v) is 6.27. The Kier molecular flexibility index (Phi) is 5.39. The maximum absolute atomic E-state index is 11.7. The molecule has 0 radical (unpaired) electrons. The molecule has 0 fully saturated rings. The van der Waals surface area contributed by atoms with Crippen LogP contribution in [0.5, 0.6) is 0 Å². The molecule has 0 amide bonds. The number of nitrogens with one attached hydrogen (secondary N) is 1. The fourth-order valence-electron chi connectivity index (χ4n) is 1.56. The van der Waals surface area contributed by atoms with E-state index in [1.165, 1.54) is 0 Å². The summed E-state index contributed by atoms with van der Waals surface area (Å²) in [5.74, 6) is 2.54. The van der Waals surface area contributed by atoms with Crippen LogP contribution in [0.15, 0.2) is 4.47 Å². The smallest absolute Gasteiger partial charge is 0.152 e. The predicted molar refractivity (Wildman–Crippen MR) is 70.8 cm³/mol. The van der Waals surface area contributed by atoms with Gasteiger partial charge >= 0.3 is 0 Å². The summed E-state index contributed by atoms with van der Waals surface area (Å²) in [7, 11) is 0. The van der Waals surface area contributed by atoms with Crippen molar-refractivity contribution in [1.82, 2.24) is 15.1 Å². The van der Waals surface area contributed by atoms with Gasteiger partial charge in [-0.3, -0.25) is 14.8 Å². The largest absolute Gasteiger partial charge is 0.299 e. The van der Waals surface area contributed by atoms with E-state index in [1.54, 1.807) is 0 Å². The normalized spacial score (nSPS) is 10.2. The van der Waals surface area contributed by atoms with E-state index in [4.69, 9.17) is 6.42 Å². The minimum atomic E-state index is 0.107. The Morgan fingerprint density at radius 1 is 1.65 bits per heavy atom. The number of terminal acetylenes is 1. The van der Waals surface area contributed by atoms with E-state index in [-0.39, 0.29) is 5.78 Å². The molecule has 17 heavy (non-hydrogen) atoms. The zero-order chi connectivity index (χ0) is 12.8. The van der Waals surface area contributed by atoms with Gasteiger partial charge in [-0.05, 0) is 29.8 Å². The van der Waals surface area contributed by atoms with Crippen molar-refractivity contribution in [2.75, 3.05) is 13.1 Å². The van der Waals surface area contributed by atoms with Gasteiger partial charge in [0.05, 0.1) is 35.4 Å². The molecule has 0 bridgehead atoms. The summed E-state index contributed by atoms with van der Waals surface area (Å²) in [6.07, 6.45) is 5.46. The highest BCUT2D eigenvalue weighted by molar-refractivity contribution is 9.10. The topological polar surface area (TPSA) is 46.9 Å². The Balaban J connectivity index is 2.68. The van der Waals surface area contributed by atoms with Crippen molar-refractivity contribution in [3.05, 3.63) is 15.9 Å². The van der Waals surface area contributed by atoms with Crippen molar-refractivity contribution in [2.45, 2.75) is 26.8 Å². The first kappa shape index (κ1) is 13.9. The highest BCUT2D eigenvalue weighted by Gasteiger charge is 2.15. The van der Waals surface area contributed by atoms with E-state index < -0.39 is 0 Å². The van der Waals surface area contributed by atoms with Crippen LogP contribution in [0.3, 0.4) is 0 Å². The van der Waals surface area contributed by atoms with E-state index in [9.17, 15) is 4.79 Å². The average molecular weight is 298 g/mol. The third-order valence-electron chi connectivity index (χ3n) is 2.37. The monoisotopic (exact) mass is 297 g/mol. The summed E-state index contributed by atoms with van der Waals surface area (Å²) < 4.78 is 2.77. The first-order chi connectivity index (χ1) is 8.10. The number of hydrogen-bond donors (Lipinski definition) is 1. The van der Waals surface area contributed by atoms with Crippen LogP contribution in [0.4, 0.5) is 0 Å². The number of Topliss-reactive ketones (excluding diaryl/α,β-unsaturated/α-hetero) is 1. The minimum absolute atomic E-state index is 0.107. The van der Waals surface area contributed by atoms with Gasteiger partial charge in [-0.15, -0.1) is 6.42 Å². The lowest BCUT2D eigenvalue weighted by Crippen LogP contribution is -2.25. The second-order valence-corrected chi connectivity index (χ2v) is 4.48. The predicted octanol–water partition coefficient (Wildman–Crippen LogP) is 1.31. The van der Waals surface area contributed by atoms with Crippen LogP contribution in [0.2, 0.25) is 0 Å². The Hall–Kier alpha value is -1.12. The number of hydrogen-bond acceptors (Lipinski definition) is 3. The first-order valence-electron chi connectivity index (χ1n) is 5.47. The van der Waals surface area contributed by atoms with Crippen molar-refractivity contribution in [2.24, 2.45) is 0 Å². The quantitative estimate of drug-likeness (QED) is 0.636. The molecule has 0 aromatic carbocycles. The van der Waals surface area contributed by atoms with Gasteiger partial charge in [-0.1, -0.05) is 5.92 Å². The van der Waals surface area contributed by atoms with Crippen LogP contribution >= 0.6 is 15.9 Å². The van der Waals surface area contributed by atoms with Crippen LogP contribution in [0.25, 0.3) is 0 Å². The van der Waals surface area contributed by atoms with E-state index in [0.29, 0.717) is 19.5 Å². The SMILES string of the molecule is C#CCNCC(=O)Cc1c(Br)c(C)nn1CC. The van der Waals surface area contributed by atoms with E-state index in [0.717, 1.165) is 22.4 Å². The number of nitrogens with zero attached hydrogens (tertiary/aromatic N) is 2. The Bertz CT molecular complexity index is 445. The van der Waals surface area contributed by atoms with E-state index in [1.807, 2.05) is 18.5 Å². The van der Waals surface area contributed by atoms with E-state index >= 15 is 0 Å². The summed E-state index contributed by atoms with van der Waals surface area (Å²) in [6.45, 7) is 5.39. The molecule has 5 heteroatoms. The molecule has 0 aliphatic rings. The van der Waals surface area contributed by atoms with Gasteiger partial charge in [-0.2, -0.15) is 5.10 Å². The minimum Gasteiger partial charge on any atom is -0.299 e. The van der Waals surface area contributed by atoms with Crippen molar-refractivity contribution in [3.63, 3.8) is 0 Å². The lowest BCUT2D eigenvalue weighted by atomic mass is 10.2. The molecular formula is C12H16BrN3O. The second-order valence-electron chi connectivity index (χ2n) is 3.68. The molecule has 1 aromatic heterocycles. The second kappa shape index (κ2) is 6.58. The third kappa shape index (κ3) is 3.69. The van der Waals surface area contributed by atoms with E-state index in [2.05, 4.69) is 32.3 Å². The van der Waals surface area contributed by atoms with Gasteiger partial charge in [0, 0.05) is 6.54 Å². The molecule has 1 rings (SSSR count). The average Bonchev–Trinajstić information content (AvgIpc) is 2.57. The zero-order valence-electron chi connectivity index (χ0n) is 10.1. The molecule has 1 heterocycles. The number of carbonyl (C=O) groups is 1. The molecule has 4 nitrogen and oxygen atoms in total. The molecule has 1 N–H and O–H groups in total. The molecule has 0 spiro atoms. The lowest BCUT2D eigenvalue weighted by Gasteiger charge is -2.05. The summed E-state index contributed by atoms with van der Waals surface area (Å²) in [5, 5.41) is 7.23. The van der Waals surface area contributed by atoms with Crippen LogP contribution in [-0.4, -0.2) is 28.7 Å². The fraction of sp³-hybridized carbons (Fsp3) is 0.500.